The summed E-state index contributed by atoms with van der Waals surface area (Å²) in [6, 6.07) is 34.8. The van der Waals surface area contributed by atoms with Gasteiger partial charge in [0.1, 0.15) is 4.88 Å². The van der Waals surface area contributed by atoms with Crippen molar-refractivity contribution < 1.29 is 9.72 Å². The number of carbonyl (C=O) groups excluding carboxylic acids is 1. The molecule has 0 saturated carbocycles. The highest BCUT2D eigenvalue weighted by atomic mass is 32.1. The number of rotatable bonds is 7. The van der Waals surface area contributed by atoms with E-state index >= 15 is 0 Å². The van der Waals surface area contributed by atoms with Crippen molar-refractivity contribution in [2.75, 3.05) is 4.90 Å². The van der Waals surface area contributed by atoms with Gasteiger partial charge in [-0.15, -0.1) is 0 Å². The summed E-state index contributed by atoms with van der Waals surface area (Å²) in [5.74, 6) is -0.149. The molecule has 0 aliphatic carbocycles. The molecule has 170 valence electrons. The Morgan fingerprint density at radius 3 is 1.77 bits per heavy atom. The molecule has 7 heteroatoms. The molecule has 0 atom stereocenters. The SMILES string of the molecule is O=C(c1ccccc1)c1sc(N(c2ccccc2)c2ccccc2)nc1-c1ccc([N+](=O)[O-])cc1. The van der Waals surface area contributed by atoms with Crippen molar-refractivity contribution in [1.82, 2.24) is 4.98 Å². The lowest BCUT2D eigenvalue weighted by Crippen LogP contribution is -2.09. The number of anilines is 3. The van der Waals surface area contributed by atoms with Gasteiger partial charge >= 0.3 is 0 Å². The second-order valence-electron chi connectivity index (χ2n) is 7.68. The zero-order chi connectivity index (χ0) is 24.2. The van der Waals surface area contributed by atoms with Gasteiger partial charge in [-0.1, -0.05) is 78.1 Å². The summed E-state index contributed by atoms with van der Waals surface area (Å²) in [6.07, 6.45) is 0. The maximum Gasteiger partial charge on any atom is 0.269 e. The third-order valence-corrected chi connectivity index (χ3v) is 6.47. The lowest BCUT2D eigenvalue weighted by Gasteiger charge is -2.22. The molecule has 0 aliphatic rings. The molecule has 0 amide bonds. The molecule has 4 aromatic carbocycles. The maximum absolute atomic E-state index is 13.6. The fraction of sp³-hybridized carbons (Fsp3) is 0. The molecule has 0 aliphatic heterocycles. The first kappa shape index (κ1) is 22.2. The zero-order valence-electron chi connectivity index (χ0n) is 18.4. The predicted octanol–water partition coefficient (Wildman–Crippen LogP) is 7.42. The summed E-state index contributed by atoms with van der Waals surface area (Å²) >= 11 is 1.30. The van der Waals surface area contributed by atoms with Crippen molar-refractivity contribution in [2.45, 2.75) is 0 Å². The van der Waals surface area contributed by atoms with Crippen LogP contribution in [0, 0.1) is 10.1 Å². The third kappa shape index (κ3) is 4.58. The number of nitro groups is 1. The van der Waals surface area contributed by atoms with Crippen LogP contribution in [0.15, 0.2) is 115 Å². The van der Waals surface area contributed by atoms with Gasteiger partial charge in [0.15, 0.2) is 5.13 Å². The number of carbonyl (C=O) groups is 1. The number of para-hydroxylation sites is 2. The Labute approximate surface area is 205 Å². The first-order valence-corrected chi connectivity index (χ1v) is 11.7. The molecule has 0 radical (unpaired) electrons. The predicted molar refractivity (Wildman–Crippen MR) is 139 cm³/mol. The molecule has 5 rings (SSSR count). The van der Waals surface area contributed by atoms with Crippen LogP contribution in [0.1, 0.15) is 15.2 Å². The minimum Gasteiger partial charge on any atom is -0.288 e. The number of nitro benzene ring substituents is 1. The van der Waals surface area contributed by atoms with Gasteiger partial charge < -0.3 is 0 Å². The van der Waals surface area contributed by atoms with Gasteiger partial charge in [0, 0.05) is 34.6 Å². The highest BCUT2D eigenvalue weighted by molar-refractivity contribution is 7.18. The minimum absolute atomic E-state index is 0.0182. The van der Waals surface area contributed by atoms with Crippen molar-refractivity contribution in [1.29, 1.82) is 0 Å². The van der Waals surface area contributed by atoms with Gasteiger partial charge in [-0.05, 0) is 36.4 Å². The van der Waals surface area contributed by atoms with Crippen LogP contribution in [-0.2, 0) is 0 Å². The summed E-state index contributed by atoms with van der Waals surface area (Å²) in [6.45, 7) is 0. The van der Waals surface area contributed by atoms with Crippen molar-refractivity contribution in [3.05, 3.63) is 136 Å². The molecule has 1 heterocycles. The Morgan fingerprint density at radius 2 is 1.26 bits per heavy atom. The van der Waals surface area contributed by atoms with Gasteiger partial charge in [-0.25, -0.2) is 4.98 Å². The number of aromatic nitrogens is 1. The fourth-order valence-electron chi connectivity index (χ4n) is 3.74. The lowest BCUT2D eigenvalue weighted by molar-refractivity contribution is -0.384. The molecular weight excluding hydrogens is 458 g/mol. The van der Waals surface area contributed by atoms with Crippen molar-refractivity contribution in [3.8, 4) is 11.3 Å². The maximum atomic E-state index is 13.6. The van der Waals surface area contributed by atoms with E-state index in [9.17, 15) is 14.9 Å². The second kappa shape index (κ2) is 9.70. The van der Waals surface area contributed by atoms with Crippen LogP contribution >= 0.6 is 11.3 Å². The van der Waals surface area contributed by atoms with Gasteiger partial charge in [-0.2, -0.15) is 0 Å². The zero-order valence-corrected chi connectivity index (χ0v) is 19.3. The Morgan fingerprint density at radius 1 is 0.743 bits per heavy atom. The van der Waals surface area contributed by atoms with Crippen LogP contribution in [0.2, 0.25) is 0 Å². The summed E-state index contributed by atoms with van der Waals surface area (Å²) in [5.41, 5.74) is 3.47. The molecule has 35 heavy (non-hydrogen) atoms. The molecule has 1 aromatic heterocycles. The monoisotopic (exact) mass is 477 g/mol. The number of ketones is 1. The van der Waals surface area contributed by atoms with E-state index in [0.717, 1.165) is 11.4 Å². The molecule has 5 aromatic rings. The number of hydrogen-bond acceptors (Lipinski definition) is 6. The largest absolute Gasteiger partial charge is 0.288 e. The Kier molecular flexibility index (Phi) is 6.15. The van der Waals surface area contributed by atoms with E-state index in [0.29, 0.717) is 26.8 Å². The summed E-state index contributed by atoms with van der Waals surface area (Å²) < 4.78 is 0. The standard InChI is InChI=1S/C28H19N3O3S/c32-26(21-10-4-1-5-11-21)27-25(20-16-18-24(19-17-20)31(33)34)29-28(35-27)30(22-12-6-2-7-13-22)23-14-8-3-9-15-23/h1-19H. The van der Waals surface area contributed by atoms with Gasteiger partial charge in [0.25, 0.3) is 5.69 Å². The van der Waals surface area contributed by atoms with E-state index in [4.69, 9.17) is 4.98 Å². The van der Waals surface area contributed by atoms with Crippen molar-refractivity contribution in [3.63, 3.8) is 0 Å². The number of hydrogen-bond donors (Lipinski definition) is 0. The lowest BCUT2D eigenvalue weighted by atomic mass is 10.0. The van der Waals surface area contributed by atoms with Crippen LogP contribution in [-0.4, -0.2) is 15.7 Å². The van der Waals surface area contributed by atoms with Gasteiger partial charge in [0.2, 0.25) is 5.78 Å². The van der Waals surface area contributed by atoms with Crippen LogP contribution in [0.5, 0.6) is 0 Å². The molecule has 0 bridgehead atoms. The average molecular weight is 478 g/mol. The average Bonchev–Trinajstić information content (AvgIpc) is 3.35. The fourth-order valence-corrected chi connectivity index (χ4v) is 4.83. The highest BCUT2D eigenvalue weighted by Crippen LogP contribution is 2.41. The smallest absolute Gasteiger partial charge is 0.269 e. The molecular formula is C28H19N3O3S. The first-order valence-electron chi connectivity index (χ1n) is 10.9. The van der Waals surface area contributed by atoms with Crippen LogP contribution in [0.25, 0.3) is 11.3 Å². The van der Waals surface area contributed by atoms with E-state index in [1.807, 2.05) is 83.8 Å². The number of benzene rings is 4. The first-order chi connectivity index (χ1) is 17.1. The molecule has 0 fully saturated rings. The Bertz CT molecular complexity index is 1430. The van der Waals surface area contributed by atoms with Crippen LogP contribution in [0.4, 0.5) is 22.2 Å². The molecule has 0 saturated heterocycles. The molecule has 0 spiro atoms. The minimum atomic E-state index is -0.446. The summed E-state index contributed by atoms with van der Waals surface area (Å²) in [5, 5.41) is 11.8. The third-order valence-electron chi connectivity index (χ3n) is 5.43. The van der Waals surface area contributed by atoms with Crippen LogP contribution in [0.3, 0.4) is 0 Å². The highest BCUT2D eigenvalue weighted by Gasteiger charge is 2.25. The van der Waals surface area contributed by atoms with E-state index < -0.39 is 4.92 Å². The normalized spacial score (nSPS) is 10.6. The van der Waals surface area contributed by atoms with Gasteiger partial charge in [0.05, 0.1) is 10.6 Å². The Hall–Kier alpha value is -4.62. The molecule has 0 N–H and O–H groups in total. The second-order valence-corrected chi connectivity index (χ2v) is 8.66. The van der Waals surface area contributed by atoms with E-state index in [1.165, 1.54) is 23.5 Å². The topological polar surface area (TPSA) is 76.3 Å². The summed E-state index contributed by atoms with van der Waals surface area (Å²) in [4.78, 5) is 31.6. The molecule has 0 unspecified atom stereocenters. The van der Waals surface area contributed by atoms with E-state index in [2.05, 4.69) is 0 Å². The van der Waals surface area contributed by atoms with Crippen molar-refractivity contribution >= 4 is 39.3 Å². The van der Waals surface area contributed by atoms with Gasteiger partial charge in [-0.3, -0.25) is 19.8 Å². The number of non-ortho nitro benzene ring substituents is 1. The molecule has 6 nitrogen and oxygen atoms in total. The van der Waals surface area contributed by atoms with Crippen molar-refractivity contribution in [2.24, 2.45) is 0 Å². The number of thiazole rings is 1. The number of nitrogens with zero attached hydrogens (tertiary/aromatic N) is 3. The van der Waals surface area contributed by atoms with Crippen LogP contribution < -0.4 is 4.90 Å². The quantitative estimate of drug-likeness (QED) is 0.138. The Balaban J connectivity index is 1.69. The van der Waals surface area contributed by atoms with E-state index in [-0.39, 0.29) is 11.5 Å². The summed E-state index contributed by atoms with van der Waals surface area (Å²) in [7, 11) is 0. The van der Waals surface area contributed by atoms with E-state index in [1.54, 1.807) is 24.3 Å².